The average Bonchev–Trinajstić information content (AvgIpc) is 2.87. The lowest BCUT2D eigenvalue weighted by atomic mass is 10.1. The highest BCUT2D eigenvalue weighted by molar-refractivity contribution is 6.31. The van der Waals surface area contributed by atoms with Crippen LogP contribution < -0.4 is 0 Å². The van der Waals surface area contributed by atoms with Crippen LogP contribution in [-0.2, 0) is 13.1 Å². The molecule has 0 spiro atoms. The summed E-state index contributed by atoms with van der Waals surface area (Å²) in [6, 6.07) is 7.02. The summed E-state index contributed by atoms with van der Waals surface area (Å²) in [6.07, 6.45) is -0.214. The van der Waals surface area contributed by atoms with Crippen molar-refractivity contribution in [2.45, 2.75) is 32.5 Å². The number of halogens is 1. The summed E-state index contributed by atoms with van der Waals surface area (Å²) in [5, 5.41) is 23.8. The van der Waals surface area contributed by atoms with E-state index < -0.39 is 6.10 Å². The van der Waals surface area contributed by atoms with Crippen molar-refractivity contribution in [3.8, 4) is 0 Å². The van der Waals surface area contributed by atoms with Gasteiger partial charge in [-0.2, -0.15) is 5.10 Å². The van der Waals surface area contributed by atoms with Gasteiger partial charge in [0.1, 0.15) is 6.10 Å². The Balaban J connectivity index is 1.83. The average molecular weight is 350 g/mol. The standard InChI is InChI=1S/C17H20ClN3O3/c1-11-7-12(3-4-14(11)18)17(24)20-5-2-6-21-13(9-20)8-15(19-21)16(23)10-22/h3-4,7-8,16,22-23H,2,5-6,9-10H2,1H3/t16-/m1/s1. The van der Waals surface area contributed by atoms with Gasteiger partial charge in [0.05, 0.1) is 24.5 Å². The van der Waals surface area contributed by atoms with Crippen LogP contribution in [0.4, 0.5) is 0 Å². The van der Waals surface area contributed by atoms with Crippen LogP contribution in [0.15, 0.2) is 24.3 Å². The Hall–Kier alpha value is -1.89. The number of aliphatic hydroxyl groups is 2. The number of carbonyl (C=O) groups is 1. The Labute approximate surface area is 145 Å². The summed E-state index contributed by atoms with van der Waals surface area (Å²) in [7, 11) is 0. The summed E-state index contributed by atoms with van der Waals surface area (Å²) in [6.45, 7) is 3.24. The quantitative estimate of drug-likeness (QED) is 0.887. The predicted molar refractivity (Wildman–Crippen MR) is 89.8 cm³/mol. The lowest BCUT2D eigenvalue weighted by Crippen LogP contribution is -2.30. The van der Waals surface area contributed by atoms with Crippen LogP contribution in [0.3, 0.4) is 0 Å². The van der Waals surface area contributed by atoms with Gasteiger partial charge in [-0.15, -0.1) is 0 Å². The molecule has 2 heterocycles. The van der Waals surface area contributed by atoms with E-state index in [4.69, 9.17) is 16.7 Å². The first-order chi connectivity index (χ1) is 11.5. The number of carbonyl (C=O) groups excluding carboxylic acids is 1. The fourth-order valence-corrected chi connectivity index (χ4v) is 2.99. The summed E-state index contributed by atoms with van der Waals surface area (Å²) < 4.78 is 1.80. The highest BCUT2D eigenvalue weighted by atomic mass is 35.5. The number of rotatable bonds is 3. The molecule has 128 valence electrons. The first kappa shape index (κ1) is 17.0. The Morgan fingerprint density at radius 1 is 1.38 bits per heavy atom. The summed E-state index contributed by atoms with van der Waals surface area (Å²) in [4.78, 5) is 14.6. The minimum atomic E-state index is -0.993. The van der Waals surface area contributed by atoms with Crippen molar-refractivity contribution < 1.29 is 15.0 Å². The molecule has 3 rings (SSSR count). The molecule has 6 nitrogen and oxygen atoms in total. The fourth-order valence-electron chi connectivity index (χ4n) is 2.87. The van der Waals surface area contributed by atoms with Crippen LogP contribution in [0, 0.1) is 6.92 Å². The maximum absolute atomic E-state index is 12.8. The third-order valence-electron chi connectivity index (χ3n) is 4.24. The summed E-state index contributed by atoms with van der Waals surface area (Å²) in [5.41, 5.74) is 2.77. The van der Waals surface area contributed by atoms with E-state index in [9.17, 15) is 9.90 Å². The van der Waals surface area contributed by atoms with Crippen molar-refractivity contribution in [2.75, 3.05) is 13.2 Å². The zero-order valence-corrected chi connectivity index (χ0v) is 14.2. The predicted octanol–water partition coefficient (Wildman–Crippen LogP) is 1.92. The number of amides is 1. The van der Waals surface area contributed by atoms with Gasteiger partial charge in [-0.3, -0.25) is 9.48 Å². The van der Waals surface area contributed by atoms with E-state index in [0.717, 1.165) is 17.7 Å². The molecule has 1 atom stereocenters. The third kappa shape index (κ3) is 3.31. The molecular formula is C17H20ClN3O3. The van der Waals surface area contributed by atoms with E-state index in [2.05, 4.69) is 5.10 Å². The van der Waals surface area contributed by atoms with Crippen molar-refractivity contribution in [3.05, 3.63) is 51.8 Å². The van der Waals surface area contributed by atoms with Gasteiger partial charge in [-0.1, -0.05) is 11.6 Å². The van der Waals surface area contributed by atoms with Gasteiger partial charge in [0, 0.05) is 23.7 Å². The van der Waals surface area contributed by atoms with Gasteiger partial charge in [-0.05, 0) is 43.2 Å². The van der Waals surface area contributed by atoms with E-state index in [1.807, 2.05) is 6.92 Å². The minimum Gasteiger partial charge on any atom is -0.393 e. The van der Waals surface area contributed by atoms with Crippen molar-refractivity contribution in [3.63, 3.8) is 0 Å². The fraction of sp³-hybridized carbons (Fsp3) is 0.412. The Morgan fingerprint density at radius 2 is 2.17 bits per heavy atom. The van der Waals surface area contributed by atoms with Crippen LogP contribution in [-0.4, -0.2) is 44.0 Å². The molecule has 0 unspecified atom stereocenters. The largest absolute Gasteiger partial charge is 0.393 e. The number of benzene rings is 1. The maximum atomic E-state index is 12.8. The lowest BCUT2D eigenvalue weighted by molar-refractivity contribution is 0.0745. The Kier molecular flexibility index (Phi) is 4.89. The first-order valence-electron chi connectivity index (χ1n) is 7.90. The molecule has 0 aliphatic carbocycles. The minimum absolute atomic E-state index is 0.0475. The van der Waals surface area contributed by atoms with Crippen LogP contribution in [0.25, 0.3) is 0 Å². The highest BCUT2D eigenvalue weighted by Crippen LogP contribution is 2.21. The van der Waals surface area contributed by atoms with Gasteiger partial charge in [0.2, 0.25) is 0 Å². The van der Waals surface area contributed by atoms with Gasteiger partial charge in [0.25, 0.3) is 5.91 Å². The zero-order chi connectivity index (χ0) is 17.3. The monoisotopic (exact) mass is 349 g/mol. The topological polar surface area (TPSA) is 78.6 Å². The SMILES string of the molecule is Cc1cc(C(=O)N2CCCn3nc([C@H](O)CO)cc3C2)ccc1Cl. The molecule has 2 N–H and O–H groups in total. The van der Waals surface area contributed by atoms with E-state index in [0.29, 0.717) is 35.9 Å². The first-order valence-corrected chi connectivity index (χ1v) is 8.28. The van der Waals surface area contributed by atoms with Crippen LogP contribution in [0.5, 0.6) is 0 Å². The van der Waals surface area contributed by atoms with Crippen molar-refractivity contribution in [1.82, 2.24) is 14.7 Å². The second-order valence-corrected chi connectivity index (χ2v) is 6.43. The van der Waals surface area contributed by atoms with Crippen molar-refractivity contribution in [1.29, 1.82) is 0 Å². The van der Waals surface area contributed by atoms with Gasteiger partial charge in [0.15, 0.2) is 0 Å². The molecular weight excluding hydrogens is 330 g/mol. The smallest absolute Gasteiger partial charge is 0.254 e. The van der Waals surface area contributed by atoms with E-state index >= 15 is 0 Å². The Morgan fingerprint density at radius 3 is 2.88 bits per heavy atom. The van der Waals surface area contributed by atoms with Gasteiger partial charge >= 0.3 is 0 Å². The van der Waals surface area contributed by atoms with E-state index in [-0.39, 0.29) is 12.5 Å². The molecule has 24 heavy (non-hydrogen) atoms. The molecule has 0 radical (unpaired) electrons. The number of nitrogens with zero attached hydrogens (tertiary/aromatic N) is 3. The van der Waals surface area contributed by atoms with Crippen LogP contribution in [0.1, 0.15) is 39.8 Å². The molecule has 1 aliphatic heterocycles. The highest BCUT2D eigenvalue weighted by Gasteiger charge is 2.23. The van der Waals surface area contributed by atoms with Crippen LogP contribution in [0.2, 0.25) is 5.02 Å². The Bertz CT molecular complexity index is 760. The van der Waals surface area contributed by atoms with Crippen molar-refractivity contribution in [2.24, 2.45) is 0 Å². The molecule has 0 saturated carbocycles. The number of fused-ring (bicyclic) bond motifs is 1. The number of hydrogen-bond donors (Lipinski definition) is 2. The molecule has 1 aromatic carbocycles. The zero-order valence-electron chi connectivity index (χ0n) is 13.4. The maximum Gasteiger partial charge on any atom is 0.254 e. The van der Waals surface area contributed by atoms with E-state index in [1.54, 1.807) is 33.8 Å². The number of hydrogen-bond acceptors (Lipinski definition) is 4. The van der Waals surface area contributed by atoms with Crippen molar-refractivity contribution >= 4 is 17.5 Å². The third-order valence-corrected chi connectivity index (χ3v) is 4.66. The molecule has 0 saturated heterocycles. The number of aryl methyl sites for hydroxylation is 2. The number of aliphatic hydroxyl groups excluding tert-OH is 2. The summed E-state index contributed by atoms with van der Waals surface area (Å²) in [5.74, 6) is -0.0475. The van der Waals surface area contributed by atoms with E-state index in [1.165, 1.54) is 0 Å². The lowest BCUT2D eigenvalue weighted by Gasteiger charge is -2.20. The molecule has 7 heteroatoms. The van der Waals surface area contributed by atoms with Crippen LogP contribution >= 0.6 is 11.6 Å². The molecule has 1 aliphatic rings. The normalized spacial score (nSPS) is 15.8. The van der Waals surface area contributed by atoms with Gasteiger partial charge < -0.3 is 15.1 Å². The molecule has 1 amide bonds. The summed E-state index contributed by atoms with van der Waals surface area (Å²) >= 11 is 6.03. The molecule has 1 aromatic heterocycles. The number of aromatic nitrogens is 2. The molecule has 0 bridgehead atoms. The molecule has 0 fully saturated rings. The van der Waals surface area contributed by atoms with Gasteiger partial charge in [-0.25, -0.2) is 0 Å². The second-order valence-electron chi connectivity index (χ2n) is 6.03. The molecule has 2 aromatic rings. The second kappa shape index (κ2) is 6.93.